The van der Waals surface area contributed by atoms with Crippen LogP contribution in [0.15, 0.2) is 72.9 Å². The zero-order valence-corrected chi connectivity index (χ0v) is 18.9. The molecule has 3 aromatic heterocycles. The van der Waals surface area contributed by atoms with Gasteiger partial charge in [0.15, 0.2) is 11.6 Å². The summed E-state index contributed by atoms with van der Waals surface area (Å²) in [6.45, 7) is 5.68. The number of rotatable bonds is 6. The molecule has 4 heterocycles. The summed E-state index contributed by atoms with van der Waals surface area (Å²) in [6.07, 6.45) is 11.3. The number of fused-ring (bicyclic) bond motifs is 1. The van der Waals surface area contributed by atoms with E-state index in [1.165, 1.54) is 19.2 Å². The average Bonchev–Trinajstić information content (AvgIpc) is 3.60. The molecular weight excluding hydrogens is 455 g/mol. The molecule has 1 fully saturated rings. The van der Waals surface area contributed by atoms with Crippen molar-refractivity contribution in [2.24, 2.45) is 4.99 Å². The van der Waals surface area contributed by atoms with Crippen LogP contribution in [0.5, 0.6) is 0 Å². The molecular formula is C25H22F3N7. The van der Waals surface area contributed by atoms with Gasteiger partial charge in [-0.05, 0) is 37.1 Å². The van der Waals surface area contributed by atoms with Gasteiger partial charge in [0, 0.05) is 48.8 Å². The number of hydrogen-bond donors (Lipinski definition) is 0. The topological polar surface area (TPSA) is 63.6 Å². The second-order valence-electron chi connectivity index (χ2n) is 8.19. The van der Waals surface area contributed by atoms with E-state index in [1.807, 2.05) is 11.0 Å². The number of aromatic nitrogens is 5. The number of aliphatic imine (C=N–C) groups is 1. The van der Waals surface area contributed by atoms with Gasteiger partial charge in [-0.25, -0.2) is 28.0 Å². The van der Waals surface area contributed by atoms with Crippen molar-refractivity contribution >= 4 is 23.0 Å². The molecule has 4 aromatic rings. The van der Waals surface area contributed by atoms with Crippen molar-refractivity contribution in [1.82, 2.24) is 24.4 Å². The molecule has 0 spiro atoms. The van der Waals surface area contributed by atoms with Crippen LogP contribution in [0.2, 0.25) is 0 Å². The molecule has 1 atom stereocenters. The van der Waals surface area contributed by atoms with Crippen molar-refractivity contribution in [3.63, 3.8) is 0 Å². The molecule has 0 bridgehead atoms. The molecule has 1 aliphatic rings. The third kappa shape index (κ3) is 4.34. The first-order valence-electron chi connectivity index (χ1n) is 11.1. The highest BCUT2D eigenvalue weighted by Gasteiger charge is 2.30. The fourth-order valence-electron chi connectivity index (χ4n) is 4.31. The maximum absolute atomic E-state index is 14.5. The Morgan fingerprint density at radius 3 is 2.86 bits per heavy atom. The summed E-state index contributed by atoms with van der Waals surface area (Å²) in [5.41, 5.74) is 2.80. The number of anilines is 1. The van der Waals surface area contributed by atoms with Gasteiger partial charge in [0.25, 0.3) is 0 Å². The van der Waals surface area contributed by atoms with Gasteiger partial charge in [0.1, 0.15) is 23.1 Å². The minimum absolute atomic E-state index is 0.317. The maximum atomic E-state index is 14.5. The molecule has 1 saturated heterocycles. The van der Waals surface area contributed by atoms with E-state index < -0.39 is 17.6 Å². The van der Waals surface area contributed by atoms with E-state index in [0.29, 0.717) is 46.8 Å². The number of hydrogen-bond acceptors (Lipinski definition) is 5. The quantitative estimate of drug-likeness (QED) is 0.274. The standard InChI is InChI=1S/C25H22F3N7/c1-3-17(12-29-16(2)26)18-13-30-35(15-18)23-14-31-34-10-8-24(32-25(23)34)33-9-4-5-22(33)20-11-19(27)6-7-21(20)28/h3,6-8,10-15,22H,1,4-5,9H2,2H3/b17-12+,29-16+/t22-/m1/s1. The molecule has 0 N–H and O–H groups in total. The maximum Gasteiger partial charge on any atom is 0.185 e. The molecule has 1 aromatic carbocycles. The third-order valence-corrected chi connectivity index (χ3v) is 5.96. The number of halogens is 3. The van der Waals surface area contributed by atoms with E-state index in [-0.39, 0.29) is 6.04 Å². The monoisotopic (exact) mass is 477 g/mol. The van der Waals surface area contributed by atoms with Crippen molar-refractivity contribution in [3.05, 3.63) is 90.7 Å². The first-order chi connectivity index (χ1) is 16.9. The van der Waals surface area contributed by atoms with Gasteiger partial charge in [-0.1, -0.05) is 12.7 Å². The highest BCUT2D eigenvalue weighted by molar-refractivity contribution is 5.77. The summed E-state index contributed by atoms with van der Waals surface area (Å²) in [5.74, 6) is -0.826. The van der Waals surface area contributed by atoms with Crippen LogP contribution < -0.4 is 4.90 Å². The Hall–Kier alpha value is -4.21. The van der Waals surface area contributed by atoms with Crippen LogP contribution in [0, 0.1) is 11.6 Å². The lowest BCUT2D eigenvalue weighted by atomic mass is 10.0. The summed E-state index contributed by atoms with van der Waals surface area (Å²) < 4.78 is 44.7. The number of benzene rings is 1. The smallest absolute Gasteiger partial charge is 0.185 e. The molecule has 10 heteroatoms. The Bertz CT molecular complexity index is 1460. The largest absolute Gasteiger partial charge is 0.349 e. The Morgan fingerprint density at radius 1 is 1.20 bits per heavy atom. The SMILES string of the molecule is C=C/C(=C\N=C(/C)F)c1cnn(-c2cnn3ccc(N4CCC[C@@H]4c4cc(F)ccc4F)nc23)c1. The van der Waals surface area contributed by atoms with Gasteiger partial charge in [-0.2, -0.15) is 14.6 Å². The van der Waals surface area contributed by atoms with Crippen molar-refractivity contribution in [2.75, 3.05) is 11.4 Å². The van der Waals surface area contributed by atoms with Gasteiger partial charge in [0.05, 0.1) is 18.4 Å². The van der Waals surface area contributed by atoms with E-state index in [1.54, 1.807) is 40.1 Å². The van der Waals surface area contributed by atoms with Crippen LogP contribution in [0.3, 0.4) is 0 Å². The van der Waals surface area contributed by atoms with Crippen molar-refractivity contribution < 1.29 is 13.2 Å². The molecule has 0 amide bonds. The molecule has 35 heavy (non-hydrogen) atoms. The molecule has 178 valence electrons. The normalized spacial score (nSPS) is 16.9. The first-order valence-corrected chi connectivity index (χ1v) is 11.1. The van der Waals surface area contributed by atoms with E-state index in [0.717, 1.165) is 18.6 Å². The molecule has 0 unspecified atom stereocenters. The molecule has 1 aliphatic heterocycles. The van der Waals surface area contributed by atoms with Crippen LogP contribution in [0.25, 0.3) is 16.9 Å². The summed E-state index contributed by atoms with van der Waals surface area (Å²) in [4.78, 5) is 10.5. The van der Waals surface area contributed by atoms with Crippen molar-refractivity contribution in [3.8, 4) is 5.69 Å². The summed E-state index contributed by atoms with van der Waals surface area (Å²) >= 11 is 0. The summed E-state index contributed by atoms with van der Waals surface area (Å²) in [6, 6.07) is 5.03. The zero-order valence-electron chi connectivity index (χ0n) is 18.9. The highest BCUT2D eigenvalue weighted by atomic mass is 19.1. The Labute approximate surface area is 199 Å². The van der Waals surface area contributed by atoms with Crippen LogP contribution in [-0.4, -0.2) is 36.9 Å². The fraction of sp³-hybridized carbons (Fsp3) is 0.200. The van der Waals surface area contributed by atoms with E-state index in [9.17, 15) is 13.2 Å². The predicted molar refractivity (Wildman–Crippen MR) is 128 cm³/mol. The van der Waals surface area contributed by atoms with Gasteiger partial charge in [-0.3, -0.25) is 0 Å². The van der Waals surface area contributed by atoms with Crippen LogP contribution in [0.4, 0.5) is 19.0 Å². The Balaban J connectivity index is 1.51. The van der Waals surface area contributed by atoms with Gasteiger partial charge in [-0.15, -0.1) is 0 Å². The Morgan fingerprint density at radius 2 is 2.06 bits per heavy atom. The van der Waals surface area contributed by atoms with Crippen LogP contribution in [-0.2, 0) is 0 Å². The molecule has 7 nitrogen and oxygen atoms in total. The van der Waals surface area contributed by atoms with Gasteiger partial charge >= 0.3 is 0 Å². The lowest BCUT2D eigenvalue weighted by Crippen LogP contribution is -2.24. The predicted octanol–water partition coefficient (Wildman–Crippen LogP) is 5.45. The van der Waals surface area contributed by atoms with Gasteiger partial charge in [0.2, 0.25) is 0 Å². The molecule has 5 rings (SSSR count). The van der Waals surface area contributed by atoms with Crippen molar-refractivity contribution in [1.29, 1.82) is 0 Å². The zero-order chi connectivity index (χ0) is 24.5. The van der Waals surface area contributed by atoms with Crippen LogP contribution in [0.1, 0.15) is 36.9 Å². The van der Waals surface area contributed by atoms with Crippen LogP contribution >= 0.6 is 0 Å². The minimum atomic E-state index is -0.561. The second-order valence-corrected chi connectivity index (χ2v) is 8.19. The molecule has 0 saturated carbocycles. The van der Waals surface area contributed by atoms with Gasteiger partial charge < -0.3 is 4.90 Å². The average molecular weight is 477 g/mol. The minimum Gasteiger partial charge on any atom is -0.349 e. The van der Waals surface area contributed by atoms with E-state index in [4.69, 9.17) is 4.98 Å². The van der Waals surface area contributed by atoms with E-state index >= 15 is 0 Å². The fourth-order valence-corrected chi connectivity index (χ4v) is 4.31. The number of nitrogens with zero attached hydrogens (tertiary/aromatic N) is 7. The Kier molecular flexibility index (Phi) is 5.94. The lowest BCUT2D eigenvalue weighted by Gasteiger charge is -2.26. The third-order valence-electron chi connectivity index (χ3n) is 5.96. The number of allylic oxidation sites excluding steroid dienone is 2. The summed E-state index contributed by atoms with van der Waals surface area (Å²) in [5, 5.41) is 8.76. The first kappa shape index (κ1) is 22.6. The lowest BCUT2D eigenvalue weighted by molar-refractivity contribution is 0.560. The van der Waals surface area contributed by atoms with E-state index in [2.05, 4.69) is 21.8 Å². The molecule has 0 aliphatic carbocycles. The molecule has 0 radical (unpaired) electrons. The summed E-state index contributed by atoms with van der Waals surface area (Å²) in [7, 11) is 0. The second kappa shape index (κ2) is 9.21. The van der Waals surface area contributed by atoms with Crippen molar-refractivity contribution in [2.45, 2.75) is 25.8 Å². The highest BCUT2D eigenvalue weighted by Crippen LogP contribution is 2.37.